The second-order valence-corrected chi connectivity index (χ2v) is 12.2. The van der Waals surface area contributed by atoms with E-state index in [1.54, 1.807) is 0 Å². The van der Waals surface area contributed by atoms with Gasteiger partial charge in [0.15, 0.2) is 0 Å². The topological polar surface area (TPSA) is 0 Å². The zero-order chi connectivity index (χ0) is 26.7. The van der Waals surface area contributed by atoms with Crippen molar-refractivity contribution in [3.05, 3.63) is 119 Å². The van der Waals surface area contributed by atoms with Crippen LogP contribution in [0.15, 0.2) is 97.1 Å². The van der Waals surface area contributed by atoms with Crippen molar-refractivity contribution in [2.24, 2.45) is 0 Å². The second-order valence-electron chi connectivity index (χ2n) is 12.2. The highest BCUT2D eigenvalue weighted by molar-refractivity contribution is 7.19. The lowest BCUT2D eigenvalue weighted by atomic mass is 9.13. The molecule has 0 saturated heterocycles. The van der Waals surface area contributed by atoms with Gasteiger partial charge < -0.3 is 0 Å². The SMILES string of the molecule is CC(C)c1ccc([B-](c2ccc(C(C)C)cc2)(c2ccc(C(C)C)cc2)c2ccc(C(C)C)cc2)cc1. The van der Waals surface area contributed by atoms with E-state index in [2.05, 4.69) is 152 Å². The maximum atomic E-state index is 2.39. The molecule has 0 spiro atoms. The lowest BCUT2D eigenvalue weighted by Gasteiger charge is -2.45. The van der Waals surface area contributed by atoms with Gasteiger partial charge in [-0.3, -0.25) is 0 Å². The fourth-order valence-electron chi connectivity index (χ4n) is 5.83. The third kappa shape index (κ3) is 5.33. The Balaban J connectivity index is 2.05. The monoisotopic (exact) mass is 487 g/mol. The lowest BCUT2D eigenvalue weighted by Crippen LogP contribution is -2.74. The summed E-state index contributed by atoms with van der Waals surface area (Å²) in [6.45, 7) is 18.2. The molecule has 192 valence electrons. The van der Waals surface area contributed by atoms with E-state index in [-0.39, 0.29) is 0 Å². The summed E-state index contributed by atoms with van der Waals surface area (Å²) in [6, 6.07) is 37.8. The van der Waals surface area contributed by atoms with Crippen LogP contribution in [0.1, 0.15) is 101 Å². The van der Waals surface area contributed by atoms with Crippen LogP contribution < -0.4 is 21.9 Å². The van der Waals surface area contributed by atoms with Gasteiger partial charge in [-0.2, -0.15) is 21.9 Å². The second kappa shape index (κ2) is 11.1. The lowest BCUT2D eigenvalue weighted by molar-refractivity contribution is 0.867. The largest absolute Gasteiger partial charge is 0.195 e. The highest BCUT2D eigenvalue weighted by Gasteiger charge is 2.32. The molecule has 37 heavy (non-hydrogen) atoms. The van der Waals surface area contributed by atoms with Crippen molar-refractivity contribution in [3.63, 3.8) is 0 Å². The Labute approximate surface area is 226 Å². The third-order valence-corrected chi connectivity index (χ3v) is 8.41. The number of rotatable bonds is 8. The molecule has 4 rings (SSSR count). The maximum absolute atomic E-state index is 2.39. The molecule has 0 fully saturated rings. The van der Waals surface area contributed by atoms with E-state index in [1.807, 2.05) is 0 Å². The Hall–Kier alpha value is -3.06. The molecule has 0 nitrogen and oxygen atoms in total. The fraction of sp³-hybridized carbons (Fsp3) is 0.333. The first-order valence-electron chi connectivity index (χ1n) is 14.2. The number of hydrogen-bond donors (Lipinski definition) is 0. The summed E-state index contributed by atoms with van der Waals surface area (Å²) in [5.41, 5.74) is 11.0. The Morgan fingerprint density at radius 3 is 0.595 bits per heavy atom. The summed E-state index contributed by atoms with van der Waals surface area (Å²) in [7, 11) is 0. The Kier molecular flexibility index (Phi) is 8.12. The van der Waals surface area contributed by atoms with Crippen molar-refractivity contribution >= 4 is 28.0 Å². The van der Waals surface area contributed by atoms with Crippen LogP contribution in [-0.4, -0.2) is 6.15 Å². The molecule has 0 bridgehead atoms. The molecule has 0 aliphatic carbocycles. The molecule has 0 saturated carbocycles. The maximum Gasteiger partial charge on any atom is 0.108 e. The molecule has 0 radical (unpaired) electrons. The Morgan fingerprint density at radius 2 is 0.459 bits per heavy atom. The summed E-state index contributed by atoms with van der Waals surface area (Å²) in [5, 5.41) is 0. The smallest absolute Gasteiger partial charge is 0.108 e. The van der Waals surface area contributed by atoms with Crippen molar-refractivity contribution < 1.29 is 0 Å². The molecule has 0 heterocycles. The van der Waals surface area contributed by atoms with E-state index in [0.29, 0.717) is 23.7 Å². The van der Waals surface area contributed by atoms with Gasteiger partial charge in [-0.15, -0.1) is 0 Å². The first-order valence-corrected chi connectivity index (χ1v) is 14.2. The summed E-state index contributed by atoms with van der Waals surface area (Å²) in [4.78, 5) is 0. The van der Waals surface area contributed by atoms with E-state index in [0.717, 1.165) is 0 Å². The summed E-state index contributed by atoms with van der Waals surface area (Å²) in [6.07, 6.45) is -1.36. The molecule has 4 aromatic rings. The Morgan fingerprint density at radius 1 is 0.297 bits per heavy atom. The van der Waals surface area contributed by atoms with E-state index in [4.69, 9.17) is 0 Å². The van der Waals surface area contributed by atoms with Crippen LogP contribution in [-0.2, 0) is 0 Å². The van der Waals surface area contributed by atoms with Crippen LogP contribution in [0.5, 0.6) is 0 Å². The minimum atomic E-state index is -1.36. The minimum absolute atomic E-state index is 0.511. The van der Waals surface area contributed by atoms with Crippen molar-refractivity contribution in [2.45, 2.75) is 79.1 Å². The predicted octanol–water partition coefficient (Wildman–Crippen LogP) is 7.56. The molecule has 0 aliphatic heterocycles. The molecule has 0 N–H and O–H groups in total. The standard InChI is InChI=1S/C36H44B/c1-25(2)29-9-17-33(18-10-29)37(34-19-11-30(12-20-34)26(3)4,35-21-13-31(14-22-35)27(5)6)36-23-15-32(16-24-36)28(7)8/h9-28H,1-8H3/q-1. The minimum Gasteiger partial charge on any atom is -0.195 e. The van der Waals surface area contributed by atoms with Crippen molar-refractivity contribution in [1.82, 2.24) is 0 Å². The van der Waals surface area contributed by atoms with Gasteiger partial charge in [0, 0.05) is 0 Å². The van der Waals surface area contributed by atoms with Gasteiger partial charge in [-0.25, -0.2) is 0 Å². The van der Waals surface area contributed by atoms with Gasteiger partial charge in [0.1, 0.15) is 6.15 Å². The third-order valence-electron chi connectivity index (χ3n) is 8.41. The summed E-state index contributed by atoms with van der Waals surface area (Å²) in [5.74, 6) is 2.04. The van der Waals surface area contributed by atoms with Crippen molar-refractivity contribution in [2.75, 3.05) is 0 Å². The first kappa shape index (κ1) is 27.0. The summed E-state index contributed by atoms with van der Waals surface area (Å²) < 4.78 is 0. The molecular weight excluding hydrogens is 443 g/mol. The van der Waals surface area contributed by atoms with Gasteiger partial charge in [0.05, 0.1) is 0 Å². The van der Waals surface area contributed by atoms with Gasteiger partial charge in [-0.1, -0.05) is 152 Å². The average molecular weight is 488 g/mol. The zero-order valence-electron chi connectivity index (χ0n) is 24.1. The van der Waals surface area contributed by atoms with Gasteiger partial charge in [0.2, 0.25) is 0 Å². The quantitative estimate of drug-likeness (QED) is 0.225. The molecule has 0 atom stereocenters. The summed E-state index contributed by atoms with van der Waals surface area (Å²) >= 11 is 0. The van der Waals surface area contributed by atoms with Crippen molar-refractivity contribution in [1.29, 1.82) is 0 Å². The highest BCUT2D eigenvalue weighted by atomic mass is 14.2. The average Bonchev–Trinajstić information content (AvgIpc) is 2.90. The zero-order valence-corrected chi connectivity index (χ0v) is 24.1. The molecule has 0 aliphatic rings. The van der Waals surface area contributed by atoms with Gasteiger partial charge in [0.25, 0.3) is 0 Å². The van der Waals surface area contributed by atoms with Gasteiger partial charge >= 0.3 is 0 Å². The van der Waals surface area contributed by atoms with E-state index in [1.165, 1.54) is 44.1 Å². The van der Waals surface area contributed by atoms with Crippen LogP contribution in [0, 0.1) is 0 Å². The molecule has 0 amide bonds. The molecule has 0 aromatic heterocycles. The van der Waals surface area contributed by atoms with E-state index in [9.17, 15) is 0 Å². The fourth-order valence-corrected chi connectivity index (χ4v) is 5.83. The van der Waals surface area contributed by atoms with Crippen molar-refractivity contribution in [3.8, 4) is 0 Å². The number of hydrogen-bond acceptors (Lipinski definition) is 0. The molecular formula is C36H44B-. The molecule has 4 aromatic carbocycles. The van der Waals surface area contributed by atoms with Crippen LogP contribution >= 0.6 is 0 Å². The molecule has 0 unspecified atom stereocenters. The van der Waals surface area contributed by atoms with Gasteiger partial charge in [-0.05, 0) is 45.9 Å². The van der Waals surface area contributed by atoms with Crippen LogP contribution in [0.4, 0.5) is 0 Å². The van der Waals surface area contributed by atoms with E-state index >= 15 is 0 Å². The number of benzene rings is 4. The predicted molar refractivity (Wildman–Crippen MR) is 166 cm³/mol. The molecule has 1 heteroatoms. The highest BCUT2D eigenvalue weighted by Crippen LogP contribution is 2.20. The van der Waals surface area contributed by atoms with Crippen LogP contribution in [0.3, 0.4) is 0 Å². The Bertz CT molecular complexity index is 1060. The van der Waals surface area contributed by atoms with Crippen LogP contribution in [0.2, 0.25) is 0 Å². The van der Waals surface area contributed by atoms with Crippen LogP contribution in [0.25, 0.3) is 0 Å². The first-order chi connectivity index (χ1) is 17.6. The normalized spacial score (nSPS) is 12.2. The van der Waals surface area contributed by atoms with E-state index < -0.39 is 6.15 Å².